The van der Waals surface area contributed by atoms with Crippen molar-refractivity contribution in [2.75, 3.05) is 6.54 Å². The summed E-state index contributed by atoms with van der Waals surface area (Å²) in [5.41, 5.74) is 1.11. The summed E-state index contributed by atoms with van der Waals surface area (Å²) in [5, 5.41) is 5.43. The average molecular weight is 262 g/mol. The normalized spacial score (nSPS) is 12.3. The largest absolute Gasteiger partial charge is 0.472 e. The first-order valence-corrected chi connectivity index (χ1v) is 7.02. The van der Waals surface area contributed by atoms with Crippen LogP contribution in [0.25, 0.3) is 0 Å². The van der Waals surface area contributed by atoms with Crippen LogP contribution >= 0.6 is 11.3 Å². The molecule has 3 nitrogen and oxygen atoms in total. The van der Waals surface area contributed by atoms with Crippen LogP contribution in [-0.2, 0) is 6.61 Å². The molecule has 0 saturated heterocycles. The van der Waals surface area contributed by atoms with Gasteiger partial charge in [0.25, 0.3) is 0 Å². The summed E-state index contributed by atoms with van der Waals surface area (Å²) in [6.07, 6.45) is 1.77. The Morgan fingerprint density at radius 3 is 3.00 bits per heavy atom. The van der Waals surface area contributed by atoms with Gasteiger partial charge < -0.3 is 10.1 Å². The second-order valence-electron chi connectivity index (χ2n) is 4.05. The topological polar surface area (TPSA) is 34.2 Å². The van der Waals surface area contributed by atoms with Crippen molar-refractivity contribution in [3.05, 3.63) is 46.3 Å². The summed E-state index contributed by atoms with van der Waals surface area (Å²) >= 11 is 1.70. The lowest BCUT2D eigenvalue weighted by Gasteiger charge is -2.16. The van der Waals surface area contributed by atoms with E-state index in [1.54, 1.807) is 17.5 Å². The minimum Gasteiger partial charge on any atom is -0.472 e. The van der Waals surface area contributed by atoms with Crippen LogP contribution in [0.2, 0.25) is 0 Å². The van der Waals surface area contributed by atoms with Gasteiger partial charge in [-0.2, -0.15) is 0 Å². The molecule has 1 N–H and O–H groups in total. The summed E-state index contributed by atoms with van der Waals surface area (Å²) in [6.45, 7) is 5.73. The summed E-state index contributed by atoms with van der Waals surface area (Å²) < 4.78 is 5.81. The van der Waals surface area contributed by atoms with Gasteiger partial charge in [-0.25, -0.2) is 4.98 Å². The maximum absolute atomic E-state index is 5.81. The van der Waals surface area contributed by atoms with Crippen LogP contribution in [0.1, 0.15) is 30.3 Å². The van der Waals surface area contributed by atoms with E-state index in [1.165, 1.54) is 4.88 Å². The Morgan fingerprint density at radius 2 is 2.28 bits per heavy atom. The third-order valence-electron chi connectivity index (χ3n) is 2.71. The van der Waals surface area contributed by atoms with E-state index in [-0.39, 0.29) is 6.04 Å². The molecular weight excluding hydrogens is 244 g/mol. The van der Waals surface area contributed by atoms with Gasteiger partial charge in [0.2, 0.25) is 5.88 Å². The molecule has 0 bridgehead atoms. The van der Waals surface area contributed by atoms with E-state index in [0.717, 1.165) is 18.0 Å². The Morgan fingerprint density at radius 1 is 1.39 bits per heavy atom. The van der Waals surface area contributed by atoms with Gasteiger partial charge in [-0.05, 0) is 31.0 Å². The molecule has 0 aliphatic heterocycles. The zero-order chi connectivity index (χ0) is 12.8. The Bertz CT molecular complexity index is 470. The van der Waals surface area contributed by atoms with Crippen LogP contribution in [-0.4, -0.2) is 11.5 Å². The Labute approximate surface area is 112 Å². The number of nitrogens with zero attached hydrogens (tertiary/aromatic N) is 1. The summed E-state index contributed by atoms with van der Waals surface area (Å²) in [4.78, 5) is 5.53. The van der Waals surface area contributed by atoms with Crippen molar-refractivity contribution < 1.29 is 4.74 Å². The molecule has 0 spiro atoms. The first kappa shape index (κ1) is 13.1. The van der Waals surface area contributed by atoms with Crippen molar-refractivity contribution in [1.82, 2.24) is 10.3 Å². The maximum atomic E-state index is 5.81. The lowest BCUT2D eigenvalue weighted by Crippen LogP contribution is -2.18. The lowest BCUT2D eigenvalue weighted by molar-refractivity contribution is 0.290. The number of nitrogens with one attached hydrogen (secondary N) is 1. The summed E-state index contributed by atoms with van der Waals surface area (Å²) in [7, 11) is 0. The summed E-state index contributed by atoms with van der Waals surface area (Å²) in [5.74, 6) is 0.722. The van der Waals surface area contributed by atoms with E-state index in [2.05, 4.69) is 41.7 Å². The Balaban J connectivity index is 2.07. The summed E-state index contributed by atoms with van der Waals surface area (Å²) in [6, 6.07) is 8.36. The first-order valence-electron chi connectivity index (χ1n) is 6.14. The third-order valence-corrected chi connectivity index (χ3v) is 3.56. The van der Waals surface area contributed by atoms with Crippen LogP contribution in [0.3, 0.4) is 0 Å². The fourth-order valence-electron chi connectivity index (χ4n) is 1.80. The van der Waals surface area contributed by atoms with E-state index < -0.39 is 0 Å². The van der Waals surface area contributed by atoms with Gasteiger partial charge in [0, 0.05) is 22.7 Å². The van der Waals surface area contributed by atoms with Gasteiger partial charge in [-0.1, -0.05) is 19.1 Å². The van der Waals surface area contributed by atoms with Gasteiger partial charge in [0.05, 0.1) is 0 Å². The third kappa shape index (κ3) is 3.31. The van der Waals surface area contributed by atoms with Crippen molar-refractivity contribution in [3.8, 4) is 5.88 Å². The molecule has 4 heteroatoms. The van der Waals surface area contributed by atoms with Gasteiger partial charge >= 0.3 is 0 Å². The van der Waals surface area contributed by atoms with Crippen LogP contribution in [0, 0.1) is 0 Å². The minimum absolute atomic E-state index is 0.252. The van der Waals surface area contributed by atoms with Crippen LogP contribution in [0.15, 0.2) is 35.8 Å². The number of pyridine rings is 1. The SMILES string of the molecule is CCNC(C)c1cccnc1OCc1cccs1. The molecule has 0 amide bonds. The second-order valence-corrected chi connectivity index (χ2v) is 5.08. The highest BCUT2D eigenvalue weighted by atomic mass is 32.1. The van der Waals surface area contributed by atoms with Crippen LogP contribution < -0.4 is 10.1 Å². The van der Waals surface area contributed by atoms with E-state index in [0.29, 0.717) is 6.61 Å². The number of thiophene rings is 1. The van der Waals surface area contributed by atoms with Crippen molar-refractivity contribution in [2.24, 2.45) is 0 Å². The smallest absolute Gasteiger partial charge is 0.218 e. The molecule has 2 aromatic heterocycles. The predicted octanol–water partition coefficient (Wildman–Crippen LogP) is 3.39. The Kier molecular flexibility index (Phi) is 4.73. The fraction of sp³-hybridized carbons (Fsp3) is 0.357. The van der Waals surface area contributed by atoms with Crippen molar-refractivity contribution in [3.63, 3.8) is 0 Å². The van der Waals surface area contributed by atoms with Gasteiger partial charge in [-0.15, -0.1) is 11.3 Å². The molecular formula is C14H18N2OS. The molecule has 96 valence electrons. The quantitative estimate of drug-likeness (QED) is 0.866. The number of ether oxygens (including phenoxy) is 1. The highest BCUT2D eigenvalue weighted by Crippen LogP contribution is 2.23. The van der Waals surface area contributed by atoms with Crippen molar-refractivity contribution in [2.45, 2.75) is 26.5 Å². The molecule has 1 atom stereocenters. The van der Waals surface area contributed by atoms with Crippen molar-refractivity contribution >= 4 is 11.3 Å². The van der Waals surface area contributed by atoms with Crippen LogP contribution in [0.4, 0.5) is 0 Å². The standard InChI is InChI=1S/C14H18N2OS/c1-3-15-11(2)13-7-4-8-16-14(13)17-10-12-6-5-9-18-12/h4-9,11,15H,3,10H2,1-2H3. The van der Waals surface area contributed by atoms with Gasteiger partial charge in [0.1, 0.15) is 6.61 Å². The van der Waals surface area contributed by atoms with E-state index in [9.17, 15) is 0 Å². The molecule has 0 aromatic carbocycles. The molecule has 2 rings (SSSR count). The van der Waals surface area contributed by atoms with Crippen molar-refractivity contribution in [1.29, 1.82) is 0 Å². The molecule has 0 radical (unpaired) electrons. The number of rotatable bonds is 6. The van der Waals surface area contributed by atoms with Crippen LogP contribution in [0.5, 0.6) is 5.88 Å². The maximum Gasteiger partial charge on any atom is 0.218 e. The highest BCUT2D eigenvalue weighted by molar-refractivity contribution is 7.09. The monoisotopic (exact) mass is 262 g/mol. The number of hydrogen-bond donors (Lipinski definition) is 1. The lowest BCUT2D eigenvalue weighted by atomic mass is 10.1. The van der Waals surface area contributed by atoms with E-state index >= 15 is 0 Å². The second kappa shape index (κ2) is 6.52. The van der Waals surface area contributed by atoms with Gasteiger partial charge in [-0.3, -0.25) is 0 Å². The minimum atomic E-state index is 0.252. The Hall–Kier alpha value is -1.39. The molecule has 0 saturated carbocycles. The van der Waals surface area contributed by atoms with Gasteiger partial charge in [0.15, 0.2) is 0 Å². The molecule has 0 aliphatic carbocycles. The predicted molar refractivity (Wildman–Crippen MR) is 75.0 cm³/mol. The van der Waals surface area contributed by atoms with E-state index in [4.69, 9.17) is 4.74 Å². The fourth-order valence-corrected chi connectivity index (χ4v) is 2.42. The molecule has 0 fully saturated rings. The first-order chi connectivity index (χ1) is 8.81. The zero-order valence-corrected chi connectivity index (χ0v) is 11.5. The molecule has 1 unspecified atom stereocenters. The number of aromatic nitrogens is 1. The molecule has 0 aliphatic rings. The molecule has 2 aromatic rings. The number of hydrogen-bond acceptors (Lipinski definition) is 4. The molecule has 2 heterocycles. The van der Waals surface area contributed by atoms with E-state index in [1.807, 2.05) is 12.1 Å². The highest BCUT2D eigenvalue weighted by Gasteiger charge is 2.11. The average Bonchev–Trinajstić information content (AvgIpc) is 2.90. The molecule has 18 heavy (non-hydrogen) atoms. The zero-order valence-electron chi connectivity index (χ0n) is 10.7.